The van der Waals surface area contributed by atoms with E-state index in [1.807, 2.05) is 0 Å². The van der Waals surface area contributed by atoms with Gasteiger partial charge in [0.2, 0.25) is 5.56 Å². The Morgan fingerprint density at radius 2 is 1.86 bits per heavy atom. The third-order valence-corrected chi connectivity index (χ3v) is 6.88. The number of H-pyrrole nitrogens is 2. The van der Waals surface area contributed by atoms with Crippen LogP contribution in [0.2, 0.25) is 0 Å². The molecule has 0 aliphatic carbocycles. The standard InChI is InChI=1S/C28H25N5O2/c34-25-13-12-21-7-3-9-24(26(21)29-25)33-28(35)30-27(31-33)23-8-4-15-32(18-23)16-14-19-10-11-20-5-1-2-6-22(20)17-19/h1-2,5-7,10-13,17,23H,4,8,14-16,18H2,(H,29,34)(H,30,31,35). The summed E-state index contributed by atoms with van der Waals surface area (Å²) in [5.74, 6) is 0.821. The van der Waals surface area contributed by atoms with Crippen LogP contribution in [0.1, 0.15) is 30.1 Å². The summed E-state index contributed by atoms with van der Waals surface area (Å²) in [7, 11) is 0. The van der Waals surface area contributed by atoms with Gasteiger partial charge in [0.25, 0.3) is 0 Å². The van der Waals surface area contributed by atoms with Crippen LogP contribution < -0.4 is 11.2 Å². The molecule has 5 aromatic rings. The molecule has 0 bridgehead atoms. The lowest BCUT2D eigenvalue weighted by atomic mass is 9.97. The fraction of sp³-hybridized carbons (Fsp3) is 0.250. The van der Waals surface area contributed by atoms with Gasteiger partial charge in [-0.05, 0) is 60.3 Å². The predicted octanol–water partition coefficient (Wildman–Crippen LogP) is 3.58. The maximum absolute atomic E-state index is 12.8. The van der Waals surface area contributed by atoms with Gasteiger partial charge in [-0.25, -0.2) is 4.79 Å². The zero-order chi connectivity index (χ0) is 23.8. The number of pyridine rings is 1. The van der Waals surface area contributed by atoms with Crippen molar-refractivity contribution in [1.29, 1.82) is 0 Å². The van der Waals surface area contributed by atoms with Crippen molar-refractivity contribution in [2.45, 2.75) is 25.2 Å². The SMILES string of the molecule is O=c1ccc2cc#cc(-n3nc(C4CCCN(CCc5ccc6ccccc6c5)C4)[nH]c3=O)c2[nH]1. The Hall–Kier alpha value is -4.15. The van der Waals surface area contributed by atoms with E-state index in [0.717, 1.165) is 44.3 Å². The minimum absolute atomic E-state index is 0.146. The molecule has 0 saturated carbocycles. The summed E-state index contributed by atoms with van der Waals surface area (Å²) < 4.78 is 1.29. The number of nitrogens with one attached hydrogen (secondary N) is 2. The van der Waals surface area contributed by atoms with Crippen molar-refractivity contribution in [2.24, 2.45) is 0 Å². The van der Waals surface area contributed by atoms with Crippen molar-refractivity contribution < 1.29 is 0 Å². The number of aromatic amines is 2. The molecule has 0 radical (unpaired) electrons. The molecule has 7 heteroatoms. The van der Waals surface area contributed by atoms with E-state index in [2.05, 4.69) is 74.6 Å². The van der Waals surface area contributed by atoms with E-state index >= 15 is 0 Å². The summed E-state index contributed by atoms with van der Waals surface area (Å²) in [4.78, 5) is 32.9. The van der Waals surface area contributed by atoms with Crippen LogP contribution in [0.5, 0.6) is 0 Å². The Balaban J connectivity index is 1.20. The van der Waals surface area contributed by atoms with E-state index in [1.165, 1.54) is 27.1 Å². The largest absolute Gasteiger partial charge is 0.348 e. The molecule has 2 aromatic heterocycles. The summed E-state index contributed by atoms with van der Waals surface area (Å²) in [6.45, 7) is 2.86. The first-order chi connectivity index (χ1) is 17.1. The summed E-state index contributed by atoms with van der Waals surface area (Å²) in [5, 5.41) is 7.92. The summed E-state index contributed by atoms with van der Waals surface area (Å²) in [6.07, 6.45) is 3.01. The van der Waals surface area contributed by atoms with Gasteiger partial charge >= 0.3 is 5.69 Å². The van der Waals surface area contributed by atoms with Gasteiger partial charge in [-0.15, -0.1) is 5.10 Å². The third-order valence-electron chi connectivity index (χ3n) is 6.88. The van der Waals surface area contributed by atoms with E-state index in [0.29, 0.717) is 17.0 Å². The third kappa shape index (κ3) is 4.25. The first-order valence-corrected chi connectivity index (χ1v) is 12.0. The van der Waals surface area contributed by atoms with Crippen molar-refractivity contribution in [3.05, 3.63) is 105 Å². The maximum atomic E-state index is 12.8. The van der Waals surface area contributed by atoms with Gasteiger partial charge in [0, 0.05) is 30.5 Å². The highest BCUT2D eigenvalue weighted by molar-refractivity contribution is 5.85. The molecule has 3 aromatic carbocycles. The normalized spacial score (nSPS) is 16.5. The number of fused-ring (bicyclic) bond motifs is 2. The lowest BCUT2D eigenvalue weighted by molar-refractivity contribution is 0.206. The monoisotopic (exact) mass is 463 g/mol. The van der Waals surface area contributed by atoms with E-state index < -0.39 is 0 Å². The Bertz CT molecular complexity index is 1630. The molecule has 1 unspecified atom stereocenters. The average molecular weight is 464 g/mol. The number of aromatic nitrogens is 4. The second-order valence-corrected chi connectivity index (χ2v) is 9.21. The first-order valence-electron chi connectivity index (χ1n) is 12.0. The number of likely N-dealkylation sites (tertiary alicyclic amines) is 1. The van der Waals surface area contributed by atoms with Crippen LogP contribution in [0.3, 0.4) is 0 Å². The number of benzene rings is 2. The quantitative estimate of drug-likeness (QED) is 0.417. The lowest BCUT2D eigenvalue weighted by Crippen LogP contribution is -2.36. The van der Waals surface area contributed by atoms with Gasteiger partial charge in [0.15, 0.2) is 0 Å². The topological polar surface area (TPSA) is 86.8 Å². The van der Waals surface area contributed by atoms with Crippen LogP contribution in [-0.2, 0) is 6.42 Å². The van der Waals surface area contributed by atoms with Crippen molar-refractivity contribution >= 4 is 21.7 Å². The van der Waals surface area contributed by atoms with E-state index in [4.69, 9.17) is 0 Å². The minimum atomic E-state index is -0.338. The summed E-state index contributed by atoms with van der Waals surface area (Å²) in [5.41, 5.74) is 1.68. The Labute approximate surface area is 202 Å². The molecule has 0 spiro atoms. The average Bonchev–Trinajstić information content (AvgIpc) is 3.28. The first kappa shape index (κ1) is 21.4. The number of nitrogens with zero attached hydrogens (tertiary/aromatic N) is 3. The number of piperidine rings is 1. The molecule has 6 rings (SSSR count). The fourth-order valence-electron chi connectivity index (χ4n) is 5.04. The van der Waals surface area contributed by atoms with Gasteiger partial charge in [-0.1, -0.05) is 48.5 Å². The number of hydrogen-bond donors (Lipinski definition) is 2. The van der Waals surface area contributed by atoms with Gasteiger partial charge in [-0.2, -0.15) is 4.68 Å². The summed E-state index contributed by atoms with van der Waals surface area (Å²) in [6, 6.07) is 25.9. The van der Waals surface area contributed by atoms with E-state index in [9.17, 15) is 9.59 Å². The van der Waals surface area contributed by atoms with Crippen molar-refractivity contribution in [2.75, 3.05) is 19.6 Å². The van der Waals surface area contributed by atoms with Crippen LogP contribution in [0.15, 0.2) is 70.3 Å². The Morgan fingerprint density at radius 1 is 1.00 bits per heavy atom. The van der Waals surface area contributed by atoms with Gasteiger partial charge in [0.05, 0.1) is 5.52 Å². The molecular weight excluding hydrogens is 438 g/mol. The highest BCUT2D eigenvalue weighted by Crippen LogP contribution is 2.25. The molecule has 0 amide bonds. The minimum Gasteiger partial charge on any atom is -0.320 e. The zero-order valence-corrected chi connectivity index (χ0v) is 19.3. The molecule has 1 fully saturated rings. The van der Waals surface area contributed by atoms with Crippen molar-refractivity contribution in [3.63, 3.8) is 0 Å². The molecule has 174 valence electrons. The molecule has 1 aliphatic heterocycles. The van der Waals surface area contributed by atoms with Crippen LogP contribution >= 0.6 is 0 Å². The molecule has 35 heavy (non-hydrogen) atoms. The molecular formula is C28H25N5O2. The molecule has 2 N–H and O–H groups in total. The molecule has 1 aliphatic rings. The van der Waals surface area contributed by atoms with Gasteiger partial charge in [0.1, 0.15) is 11.5 Å². The maximum Gasteiger partial charge on any atom is 0.348 e. The van der Waals surface area contributed by atoms with Crippen molar-refractivity contribution in [3.8, 4) is 5.69 Å². The number of rotatable bonds is 5. The second kappa shape index (κ2) is 8.90. The predicted molar refractivity (Wildman–Crippen MR) is 136 cm³/mol. The van der Waals surface area contributed by atoms with Crippen molar-refractivity contribution in [1.82, 2.24) is 24.6 Å². The summed E-state index contributed by atoms with van der Waals surface area (Å²) >= 11 is 0. The second-order valence-electron chi connectivity index (χ2n) is 9.21. The van der Waals surface area contributed by atoms with Crippen LogP contribution in [0.4, 0.5) is 0 Å². The fourth-order valence-corrected chi connectivity index (χ4v) is 5.04. The van der Waals surface area contributed by atoms with E-state index in [1.54, 1.807) is 12.1 Å². The van der Waals surface area contributed by atoms with Crippen LogP contribution in [0, 0.1) is 12.1 Å². The van der Waals surface area contributed by atoms with E-state index in [-0.39, 0.29) is 17.2 Å². The van der Waals surface area contributed by atoms with Crippen LogP contribution in [0.25, 0.3) is 27.4 Å². The Kier molecular flexibility index (Phi) is 5.44. The van der Waals surface area contributed by atoms with Crippen LogP contribution in [-0.4, -0.2) is 44.3 Å². The molecule has 1 saturated heterocycles. The van der Waals surface area contributed by atoms with Gasteiger partial charge in [-0.3, -0.25) is 9.78 Å². The molecule has 1 atom stereocenters. The lowest BCUT2D eigenvalue weighted by Gasteiger charge is -2.31. The smallest absolute Gasteiger partial charge is 0.320 e. The Morgan fingerprint density at radius 3 is 2.77 bits per heavy atom. The number of hydrogen-bond acceptors (Lipinski definition) is 4. The highest BCUT2D eigenvalue weighted by Gasteiger charge is 2.25. The van der Waals surface area contributed by atoms with Gasteiger partial charge < -0.3 is 9.88 Å². The zero-order valence-electron chi connectivity index (χ0n) is 19.3. The highest BCUT2D eigenvalue weighted by atomic mass is 16.2. The molecule has 7 nitrogen and oxygen atoms in total. The molecule has 3 heterocycles.